The van der Waals surface area contributed by atoms with Gasteiger partial charge in [-0.05, 0) is 37.0 Å². The summed E-state index contributed by atoms with van der Waals surface area (Å²) in [6.45, 7) is 1.85. The Kier molecular flexibility index (Phi) is 4.28. The number of nitrogens with one attached hydrogen (secondary N) is 1. The van der Waals surface area contributed by atoms with Crippen LogP contribution in [0.4, 0.5) is 5.69 Å². The number of hydrogen-bond acceptors (Lipinski definition) is 3. The number of rotatable bonds is 4. The lowest BCUT2D eigenvalue weighted by Gasteiger charge is -2.14. The zero-order valence-electron chi connectivity index (χ0n) is 13.1. The van der Waals surface area contributed by atoms with E-state index < -0.39 is 0 Å². The molecule has 3 amide bonds. The number of aryl methyl sites for hydroxylation is 1. The summed E-state index contributed by atoms with van der Waals surface area (Å²) in [6, 6.07) is 7.55. The minimum atomic E-state index is -0.345. The van der Waals surface area contributed by atoms with Crippen LogP contribution < -0.4 is 5.32 Å². The molecule has 2 aliphatic rings. The Labute approximate surface area is 135 Å². The predicted octanol–water partition coefficient (Wildman–Crippen LogP) is 2.14. The number of carbonyl (C=O) groups excluding carboxylic acids is 3. The molecule has 0 bridgehead atoms. The van der Waals surface area contributed by atoms with E-state index in [4.69, 9.17) is 0 Å². The van der Waals surface area contributed by atoms with Crippen molar-refractivity contribution in [3.8, 4) is 0 Å². The number of carbonyl (C=O) groups is 3. The highest BCUT2D eigenvalue weighted by molar-refractivity contribution is 6.08. The smallest absolute Gasteiger partial charge is 0.244 e. The Balaban J connectivity index is 1.63. The van der Waals surface area contributed by atoms with E-state index in [-0.39, 0.29) is 36.1 Å². The van der Waals surface area contributed by atoms with Gasteiger partial charge in [0.25, 0.3) is 0 Å². The monoisotopic (exact) mass is 312 g/mol. The zero-order chi connectivity index (χ0) is 16.4. The molecular formula is C18H20N2O3. The zero-order valence-corrected chi connectivity index (χ0v) is 13.1. The molecule has 0 radical (unpaired) electrons. The van der Waals surface area contributed by atoms with Gasteiger partial charge in [-0.3, -0.25) is 19.3 Å². The molecule has 1 N–H and O–H groups in total. The summed E-state index contributed by atoms with van der Waals surface area (Å²) < 4.78 is 0. The van der Waals surface area contributed by atoms with Gasteiger partial charge in [-0.15, -0.1) is 0 Å². The first-order chi connectivity index (χ1) is 11.1. The molecule has 1 aliphatic carbocycles. The lowest BCUT2D eigenvalue weighted by atomic mass is 9.85. The highest BCUT2D eigenvalue weighted by Crippen LogP contribution is 2.34. The summed E-state index contributed by atoms with van der Waals surface area (Å²) in [5.41, 5.74) is 1.86. The number of likely N-dealkylation sites (tertiary alicyclic amines) is 1. The number of fused-ring (bicyclic) bond motifs is 1. The van der Waals surface area contributed by atoms with Gasteiger partial charge < -0.3 is 5.32 Å². The van der Waals surface area contributed by atoms with Crippen molar-refractivity contribution in [3.63, 3.8) is 0 Å². The Morgan fingerprint density at radius 2 is 1.65 bits per heavy atom. The van der Waals surface area contributed by atoms with Crippen molar-refractivity contribution in [2.75, 3.05) is 11.9 Å². The van der Waals surface area contributed by atoms with Gasteiger partial charge in [0, 0.05) is 5.69 Å². The SMILES string of the molecule is CCc1ccc(NC(=O)CN2C(=O)[C@H]3CC=CC[C@@H]3C2=O)cc1. The van der Waals surface area contributed by atoms with Crippen molar-refractivity contribution in [1.29, 1.82) is 0 Å². The third-order valence-corrected chi connectivity index (χ3v) is 4.55. The summed E-state index contributed by atoms with van der Waals surface area (Å²) in [4.78, 5) is 37.9. The van der Waals surface area contributed by atoms with E-state index in [0.29, 0.717) is 18.5 Å². The first-order valence-corrected chi connectivity index (χ1v) is 7.99. The second-order valence-corrected chi connectivity index (χ2v) is 6.02. The van der Waals surface area contributed by atoms with Crippen LogP contribution >= 0.6 is 0 Å². The fourth-order valence-corrected chi connectivity index (χ4v) is 3.19. The largest absolute Gasteiger partial charge is 0.325 e. The fraction of sp³-hybridized carbons (Fsp3) is 0.389. The maximum atomic E-state index is 12.3. The molecule has 1 saturated heterocycles. The number of nitrogens with zero attached hydrogens (tertiary/aromatic N) is 1. The van der Waals surface area contributed by atoms with E-state index >= 15 is 0 Å². The van der Waals surface area contributed by atoms with Crippen LogP contribution in [-0.4, -0.2) is 29.2 Å². The molecule has 0 saturated carbocycles. The normalized spacial score (nSPS) is 23.1. The molecule has 1 aliphatic heterocycles. The first-order valence-electron chi connectivity index (χ1n) is 7.99. The summed E-state index contributed by atoms with van der Waals surface area (Å²) in [5, 5.41) is 2.74. The topological polar surface area (TPSA) is 66.5 Å². The summed E-state index contributed by atoms with van der Waals surface area (Å²) in [5.74, 6) is -1.36. The molecule has 1 aromatic rings. The van der Waals surface area contributed by atoms with Gasteiger partial charge in [-0.25, -0.2) is 0 Å². The Bertz CT molecular complexity index is 637. The van der Waals surface area contributed by atoms with Gasteiger partial charge in [-0.1, -0.05) is 31.2 Å². The van der Waals surface area contributed by atoms with Gasteiger partial charge in [0.1, 0.15) is 6.54 Å². The second kappa shape index (κ2) is 6.36. The van der Waals surface area contributed by atoms with E-state index in [2.05, 4.69) is 12.2 Å². The Morgan fingerprint density at radius 3 is 2.17 bits per heavy atom. The molecule has 1 aromatic carbocycles. The molecule has 3 rings (SSSR count). The maximum absolute atomic E-state index is 12.3. The molecule has 1 fully saturated rings. The lowest BCUT2D eigenvalue weighted by Crippen LogP contribution is -2.38. The minimum absolute atomic E-state index is 0.208. The summed E-state index contributed by atoms with van der Waals surface area (Å²) >= 11 is 0. The third-order valence-electron chi connectivity index (χ3n) is 4.55. The lowest BCUT2D eigenvalue weighted by molar-refractivity contribution is -0.142. The van der Waals surface area contributed by atoms with Crippen molar-refractivity contribution in [2.24, 2.45) is 11.8 Å². The van der Waals surface area contributed by atoms with Gasteiger partial charge >= 0.3 is 0 Å². The van der Waals surface area contributed by atoms with Crippen LogP contribution in [0.5, 0.6) is 0 Å². The van der Waals surface area contributed by atoms with E-state index in [0.717, 1.165) is 11.3 Å². The van der Waals surface area contributed by atoms with Crippen LogP contribution in [0.1, 0.15) is 25.3 Å². The van der Waals surface area contributed by atoms with Crippen LogP contribution in [-0.2, 0) is 20.8 Å². The average Bonchev–Trinajstić information content (AvgIpc) is 2.81. The molecule has 0 unspecified atom stereocenters. The first kappa shape index (κ1) is 15.5. The van der Waals surface area contributed by atoms with E-state index in [9.17, 15) is 14.4 Å². The van der Waals surface area contributed by atoms with Gasteiger partial charge in [-0.2, -0.15) is 0 Å². The number of anilines is 1. The highest BCUT2D eigenvalue weighted by Gasteiger charge is 2.47. The maximum Gasteiger partial charge on any atom is 0.244 e. The van der Waals surface area contributed by atoms with Crippen molar-refractivity contribution < 1.29 is 14.4 Å². The molecule has 120 valence electrons. The standard InChI is InChI=1S/C18H20N2O3/c1-2-12-7-9-13(10-8-12)19-16(21)11-20-17(22)14-5-3-4-6-15(14)18(20)23/h3-4,7-10,14-15H,2,5-6,11H2,1H3,(H,19,21)/t14-,15-/m0/s1. The highest BCUT2D eigenvalue weighted by atomic mass is 16.2. The molecule has 5 nitrogen and oxygen atoms in total. The number of amides is 3. The number of imide groups is 1. The molecule has 2 atom stereocenters. The van der Waals surface area contributed by atoms with Gasteiger partial charge in [0.2, 0.25) is 17.7 Å². The molecule has 0 aromatic heterocycles. The molecule has 23 heavy (non-hydrogen) atoms. The summed E-state index contributed by atoms with van der Waals surface area (Å²) in [7, 11) is 0. The van der Waals surface area contributed by atoms with Crippen molar-refractivity contribution in [3.05, 3.63) is 42.0 Å². The van der Waals surface area contributed by atoms with Gasteiger partial charge in [0.15, 0.2) is 0 Å². The van der Waals surface area contributed by atoms with Crippen molar-refractivity contribution in [2.45, 2.75) is 26.2 Å². The third kappa shape index (κ3) is 3.04. The number of allylic oxidation sites excluding steroid dienone is 2. The van der Waals surface area contributed by atoms with Gasteiger partial charge in [0.05, 0.1) is 11.8 Å². The van der Waals surface area contributed by atoms with Crippen molar-refractivity contribution >= 4 is 23.4 Å². The number of benzene rings is 1. The minimum Gasteiger partial charge on any atom is -0.325 e. The van der Waals surface area contributed by atoms with E-state index in [1.807, 2.05) is 36.4 Å². The fourth-order valence-electron chi connectivity index (χ4n) is 3.19. The van der Waals surface area contributed by atoms with Crippen LogP contribution in [0, 0.1) is 11.8 Å². The molecule has 5 heteroatoms. The van der Waals surface area contributed by atoms with Crippen LogP contribution in [0.2, 0.25) is 0 Å². The number of hydrogen-bond donors (Lipinski definition) is 1. The van der Waals surface area contributed by atoms with Crippen LogP contribution in [0.15, 0.2) is 36.4 Å². The molecular weight excluding hydrogens is 292 g/mol. The van der Waals surface area contributed by atoms with E-state index in [1.165, 1.54) is 5.56 Å². The molecule has 1 heterocycles. The second-order valence-electron chi connectivity index (χ2n) is 6.02. The van der Waals surface area contributed by atoms with E-state index in [1.54, 1.807) is 0 Å². The average molecular weight is 312 g/mol. The van der Waals surface area contributed by atoms with Crippen molar-refractivity contribution in [1.82, 2.24) is 4.90 Å². The molecule has 0 spiro atoms. The quantitative estimate of drug-likeness (QED) is 0.684. The Hall–Kier alpha value is -2.43. The summed E-state index contributed by atoms with van der Waals surface area (Å²) in [6.07, 6.45) is 5.98. The van der Waals surface area contributed by atoms with Crippen LogP contribution in [0.3, 0.4) is 0 Å². The van der Waals surface area contributed by atoms with Crippen LogP contribution in [0.25, 0.3) is 0 Å². The predicted molar refractivity (Wildman–Crippen MR) is 86.5 cm³/mol. The Morgan fingerprint density at radius 1 is 1.09 bits per heavy atom.